The quantitative estimate of drug-likeness (QED) is 0.538. The fourth-order valence-electron chi connectivity index (χ4n) is 2.57. The maximum absolute atomic E-state index is 12.1. The number of anilines is 1. The molecule has 8 nitrogen and oxygen atoms in total. The van der Waals surface area contributed by atoms with Crippen molar-refractivity contribution in [3.8, 4) is 11.5 Å². The molecule has 2 aromatic carbocycles. The number of methoxy groups -OCH3 is 2. The van der Waals surface area contributed by atoms with Crippen LogP contribution in [0.2, 0.25) is 0 Å². The largest absolute Gasteiger partial charge is 0.493 e. The summed E-state index contributed by atoms with van der Waals surface area (Å²) in [5, 5.41) is 13.2. The van der Waals surface area contributed by atoms with E-state index in [0.29, 0.717) is 22.4 Å². The van der Waals surface area contributed by atoms with Crippen molar-refractivity contribution in [2.45, 2.75) is 11.7 Å². The van der Waals surface area contributed by atoms with Crippen molar-refractivity contribution in [3.05, 3.63) is 54.1 Å². The number of thioether (sulfide) groups is 1. The van der Waals surface area contributed by atoms with E-state index in [-0.39, 0.29) is 18.2 Å². The molecule has 0 spiro atoms. The molecule has 1 fully saturated rings. The first-order valence-electron chi connectivity index (χ1n) is 8.74. The topological polar surface area (TPSA) is 101 Å². The van der Waals surface area contributed by atoms with Crippen molar-refractivity contribution in [1.29, 1.82) is 0 Å². The first-order chi connectivity index (χ1) is 14.1. The van der Waals surface area contributed by atoms with E-state index in [1.165, 1.54) is 18.0 Å². The van der Waals surface area contributed by atoms with Crippen LogP contribution in [0.25, 0.3) is 0 Å². The summed E-state index contributed by atoms with van der Waals surface area (Å²) in [4.78, 5) is 24.2. The second-order valence-corrected chi connectivity index (χ2v) is 7.17. The summed E-state index contributed by atoms with van der Waals surface area (Å²) in [7, 11) is 3.12. The van der Waals surface area contributed by atoms with Crippen LogP contribution in [0.1, 0.15) is 12.0 Å². The Bertz CT molecular complexity index is 947. The maximum Gasteiger partial charge on any atom is 0.240 e. The zero-order valence-electron chi connectivity index (χ0n) is 15.9. The summed E-state index contributed by atoms with van der Waals surface area (Å²) < 4.78 is 10.4. The molecule has 150 valence electrons. The van der Waals surface area contributed by atoms with Crippen LogP contribution in [0.4, 0.5) is 5.69 Å². The Morgan fingerprint density at radius 2 is 1.93 bits per heavy atom. The summed E-state index contributed by atoms with van der Waals surface area (Å²) in [5.41, 5.74) is 1.45. The van der Waals surface area contributed by atoms with Gasteiger partial charge in [-0.3, -0.25) is 9.59 Å². The molecule has 9 heteroatoms. The maximum atomic E-state index is 12.1. The molecule has 1 aliphatic rings. The minimum atomic E-state index is -0.547. The van der Waals surface area contributed by atoms with E-state index in [0.717, 1.165) is 5.56 Å². The molecule has 0 aromatic heterocycles. The van der Waals surface area contributed by atoms with Gasteiger partial charge in [0.15, 0.2) is 16.7 Å². The number of rotatable bonds is 7. The third kappa shape index (κ3) is 5.58. The second-order valence-electron chi connectivity index (χ2n) is 5.98. The van der Waals surface area contributed by atoms with Crippen molar-refractivity contribution in [3.63, 3.8) is 0 Å². The van der Waals surface area contributed by atoms with Crippen molar-refractivity contribution in [2.75, 3.05) is 19.5 Å². The van der Waals surface area contributed by atoms with Gasteiger partial charge in [-0.15, -0.1) is 5.10 Å². The fraction of sp³-hybridized carbons (Fsp3) is 0.200. The third-order valence-corrected chi connectivity index (χ3v) is 5.04. The van der Waals surface area contributed by atoms with Gasteiger partial charge in [-0.05, 0) is 35.9 Å². The van der Waals surface area contributed by atoms with Crippen molar-refractivity contribution < 1.29 is 19.1 Å². The average Bonchev–Trinajstić information content (AvgIpc) is 3.07. The number of carbonyl (C=O) groups is 2. The van der Waals surface area contributed by atoms with Gasteiger partial charge in [0.2, 0.25) is 11.8 Å². The Kier molecular flexibility index (Phi) is 6.85. The summed E-state index contributed by atoms with van der Waals surface area (Å²) in [5.74, 6) is 0.695. The third-order valence-electron chi connectivity index (χ3n) is 3.97. The molecule has 29 heavy (non-hydrogen) atoms. The molecular weight excluding hydrogens is 392 g/mol. The van der Waals surface area contributed by atoms with E-state index in [2.05, 4.69) is 20.8 Å². The highest BCUT2D eigenvalue weighted by molar-refractivity contribution is 8.15. The normalized spacial score (nSPS) is 17.4. The van der Waals surface area contributed by atoms with Gasteiger partial charge in [0.1, 0.15) is 5.25 Å². The zero-order valence-corrected chi connectivity index (χ0v) is 16.7. The van der Waals surface area contributed by atoms with Gasteiger partial charge in [-0.1, -0.05) is 30.0 Å². The van der Waals surface area contributed by atoms with Crippen LogP contribution in [-0.2, 0) is 9.59 Å². The lowest BCUT2D eigenvalue weighted by molar-refractivity contribution is -0.122. The molecule has 1 saturated heterocycles. The SMILES string of the molecule is COc1ccc(C=N/N=C2\NC(=O)C(CC(=O)Nc3ccccc3)S2)cc1OC. The number of hydrogen-bond donors (Lipinski definition) is 2. The fourth-order valence-corrected chi connectivity index (χ4v) is 3.49. The summed E-state index contributed by atoms with van der Waals surface area (Å²) in [6.45, 7) is 0. The molecule has 0 radical (unpaired) electrons. The second kappa shape index (κ2) is 9.74. The molecule has 1 atom stereocenters. The van der Waals surface area contributed by atoms with E-state index in [1.807, 2.05) is 24.3 Å². The molecule has 3 rings (SSSR count). The lowest BCUT2D eigenvalue weighted by Gasteiger charge is -2.07. The Hall–Kier alpha value is -3.33. The van der Waals surface area contributed by atoms with Crippen molar-refractivity contribution >= 4 is 40.6 Å². The van der Waals surface area contributed by atoms with E-state index in [9.17, 15) is 9.59 Å². The smallest absolute Gasteiger partial charge is 0.240 e. The number of amides is 2. The number of amidine groups is 1. The van der Waals surface area contributed by atoms with Gasteiger partial charge in [-0.2, -0.15) is 5.10 Å². The predicted octanol–water partition coefficient (Wildman–Crippen LogP) is 2.65. The van der Waals surface area contributed by atoms with Crippen molar-refractivity contribution in [2.24, 2.45) is 10.2 Å². The van der Waals surface area contributed by atoms with Crippen molar-refractivity contribution in [1.82, 2.24) is 5.32 Å². The summed E-state index contributed by atoms with van der Waals surface area (Å²) in [6.07, 6.45) is 1.58. The lowest BCUT2D eigenvalue weighted by Crippen LogP contribution is -2.28. The van der Waals surface area contributed by atoms with Crippen LogP contribution < -0.4 is 20.1 Å². The van der Waals surface area contributed by atoms with Crippen LogP contribution in [0.5, 0.6) is 11.5 Å². The molecule has 1 unspecified atom stereocenters. The zero-order chi connectivity index (χ0) is 20.6. The Balaban J connectivity index is 1.57. The molecule has 2 aromatic rings. The Labute approximate surface area is 172 Å². The van der Waals surface area contributed by atoms with Gasteiger partial charge in [0.25, 0.3) is 0 Å². The number of benzene rings is 2. The number of hydrogen-bond acceptors (Lipinski definition) is 7. The molecule has 1 heterocycles. The highest BCUT2D eigenvalue weighted by atomic mass is 32.2. The average molecular weight is 412 g/mol. The van der Waals surface area contributed by atoms with Gasteiger partial charge >= 0.3 is 0 Å². The summed E-state index contributed by atoms with van der Waals surface area (Å²) >= 11 is 1.18. The number of carbonyl (C=O) groups excluding carboxylic acids is 2. The molecule has 1 aliphatic heterocycles. The molecule has 0 saturated carbocycles. The number of para-hydroxylation sites is 1. The van der Waals surface area contributed by atoms with Crippen LogP contribution in [0, 0.1) is 0 Å². The van der Waals surface area contributed by atoms with Gasteiger partial charge < -0.3 is 20.1 Å². The lowest BCUT2D eigenvalue weighted by atomic mass is 10.2. The van der Waals surface area contributed by atoms with Crippen LogP contribution >= 0.6 is 11.8 Å². The van der Waals surface area contributed by atoms with E-state index in [4.69, 9.17) is 9.47 Å². The molecule has 0 aliphatic carbocycles. The number of nitrogens with zero attached hydrogens (tertiary/aromatic N) is 2. The first-order valence-corrected chi connectivity index (χ1v) is 9.62. The highest BCUT2D eigenvalue weighted by Gasteiger charge is 2.32. The number of ether oxygens (including phenoxy) is 2. The summed E-state index contributed by atoms with van der Waals surface area (Å²) in [6, 6.07) is 14.4. The monoisotopic (exact) mass is 412 g/mol. The predicted molar refractivity (Wildman–Crippen MR) is 114 cm³/mol. The van der Waals surface area contributed by atoms with E-state index in [1.54, 1.807) is 38.5 Å². The van der Waals surface area contributed by atoms with Gasteiger partial charge in [-0.25, -0.2) is 0 Å². The van der Waals surface area contributed by atoms with Gasteiger partial charge in [0, 0.05) is 12.1 Å². The molecular formula is C20H20N4O4S. The van der Waals surface area contributed by atoms with E-state index >= 15 is 0 Å². The Morgan fingerprint density at radius 3 is 2.66 bits per heavy atom. The molecule has 2 N–H and O–H groups in total. The molecule has 0 bridgehead atoms. The molecule has 2 amide bonds. The van der Waals surface area contributed by atoms with Crippen LogP contribution in [-0.4, -0.2) is 42.7 Å². The number of nitrogens with one attached hydrogen (secondary N) is 2. The Morgan fingerprint density at radius 1 is 1.17 bits per heavy atom. The van der Waals surface area contributed by atoms with Gasteiger partial charge in [0.05, 0.1) is 20.4 Å². The van der Waals surface area contributed by atoms with E-state index < -0.39 is 5.25 Å². The first kappa shape index (κ1) is 20.4. The van der Waals surface area contributed by atoms with Crippen LogP contribution in [0.3, 0.4) is 0 Å². The standard InChI is InChI=1S/C20H20N4O4S/c1-27-15-9-8-13(10-16(15)28-2)12-21-24-20-23-19(26)17(29-20)11-18(25)22-14-6-4-3-5-7-14/h3-10,12,17H,11H2,1-2H3,(H,22,25)(H,23,24,26). The van der Waals surface area contributed by atoms with Crippen LogP contribution in [0.15, 0.2) is 58.7 Å². The minimum absolute atomic E-state index is 0.0454. The highest BCUT2D eigenvalue weighted by Crippen LogP contribution is 2.27. The minimum Gasteiger partial charge on any atom is -0.493 e.